The van der Waals surface area contributed by atoms with Crippen molar-refractivity contribution in [2.75, 3.05) is 46.1 Å². The van der Waals surface area contributed by atoms with E-state index < -0.39 is 8.80 Å². The minimum Gasteiger partial charge on any atom is -0.373 e. The Morgan fingerprint density at radius 1 is 1.05 bits per heavy atom. The fraction of sp³-hybridized carbons (Fsp3) is 0.929. The molecule has 0 aromatic heterocycles. The van der Waals surface area contributed by atoms with Crippen LogP contribution in [0, 0.1) is 0 Å². The van der Waals surface area contributed by atoms with Crippen molar-refractivity contribution in [2.45, 2.75) is 40.0 Å². The van der Waals surface area contributed by atoms with Crippen LogP contribution in [-0.4, -0.2) is 65.5 Å². The molecule has 1 rings (SSSR count). The van der Waals surface area contributed by atoms with Crippen LogP contribution < -0.4 is 0 Å². The summed E-state index contributed by atoms with van der Waals surface area (Å²) in [5.74, 6) is 0. The lowest BCUT2D eigenvalue weighted by atomic mass is 10.2. The first-order valence-electron chi connectivity index (χ1n) is 7.78. The van der Waals surface area contributed by atoms with Gasteiger partial charge in [-0.3, -0.25) is 4.99 Å². The van der Waals surface area contributed by atoms with Gasteiger partial charge in [-0.1, -0.05) is 0 Å². The van der Waals surface area contributed by atoms with Crippen LogP contribution in [0.3, 0.4) is 0 Å². The van der Waals surface area contributed by atoms with E-state index in [1.165, 1.54) is 18.6 Å². The Morgan fingerprint density at radius 2 is 1.65 bits per heavy atom. The van der Waals surface area contributed by atoms with E-state index in [0.717, 1.165) is 19.5 Å². The van der Waals surface area contributed by atoms with E-state index >= 15 is 0 Å². The number of likely N-dealkylation sites (tertiary alicyclic amines) is 1. The Bertz CT molecular complexity index is 283. The fourth-order valence-corrected chi connectivity index (χ4v) is 4.70. The van der Waals surface area contributed by atoms with Crippen LogP contribution in [0.2, 0.25) is 0 Å². The van der Waals surface area contributed by atoms with Crippen molar-refractivity contribution in [3.05, 3.63) is 0 Å². The van der Waals surface area contributed by atoms with Crippen LogP contribution in [0.4, 0.5) is 0 Å². The summed E-state index contributed by atoms with van der Waals surface area (Å²) in [6, 6.07) is 0. The summed E-state index contributed by atoms with van der Waals surface area (Å²) < 4.78 is 17.5. The average molecular weight is 302 g/mol. The molecule has 5 nitrogen and oxygen atoms in total. The van der Waals surface area contributed by atoms with Gasteiger partial charge in [-0.25, -0.2) is 0 Å². The molecule has 0 bridgehead atoms. The van der Waals surface area contributed by atoms with Crippen molar-refractivity contribution >= 4 is 14.5 Å². The molecular weight excluding hydrogens is 272 g/mol. The van der Waals surface area contributed by atoms with E-state index in [9.17, 15) is 0 Å². The minimum absolute atomic E-state index is 0.547. The summed E-state index contributed by atoms with van der Waals surface area (Å²) in [5, 5.41) is 0. The monoisotopic (exact) mass is 302 g/mol. The first kappa shape index (κ1) is 17.8. The second-order valence-electron chi connectivity index (χ2n) is 5.06. The summed E-state index contributed by atoms with van der Waals surface area (Å²) >= 11 is 0. The van der Waals surface area contributed by atoms with Gasteiger partial charge in [-0.05, 0) is 53.6 Å². The molecule has 0 N–H and O–H groups in total. The van der Waals surface area contributed by atoms with Crippen LogP contribution in [0.15, 0.2) is 4.99 Å². The Hall–Kier alpha value is -0.273. The van der Waals surface area contributed by atoms with Crippen LogP contribution >= 0.6 is 0 Å². The zero-order chi connectivity index (χ0) is 14.8. The molecule has 1 aliphatic rings. The summed E-state index contributed by atoms with van der Waals surface area (Å²) in [6.45, 7) is 9.87. The second kappa shape index (κ2) is 9.62. The largest absolute Gasteiger partial charge is 0.523 e. The lowest BCUT2D eigenvalue weighted by Crippen LogP contribution is -2.50. The Balaban J connectivity index is 2.71. The normalized spacial score (nSPS) is 20.3. The van der Waals surface area contributed by atoms with Crippen molar-refractivity contribution < 1.29 is 13.3 Å². The third kappa shape index (κ3) is 6.01. The Morgan fingerprint density at radius 3 is 2.20 bits per heavy atom. The molecule has 0 spiro atoms. The average Bonchev–Trinajstić information content (AvgIpc) is 2.62. The quantitative estimate of drug-likeness (QED) is 0.644. The maximum Gasteiger partial charge on any atom is 0.523 e. The van der Waals surface area contributed by atoms with Crippen LogP contribution in [0.5, 0.6) is 0 Å². The maximum atomic E-state index is 5.83. The number of rotatable bonds is 8. The van der Waals surface area contributed by atoms with Crippen molar-refractivity contribution in [3.63, 3.8) is 0 Å². The molecule has 0 aromatic rings. The molecule has 1 fully saturated rings. The Kier molecular flexibility index (Phi) is 8.56. The van der Waals surface area contributed by atoms with Gasteiger partial charge in [0.2, 0.25) is 0 Å². The highest BCUT2D eigenvalue weighted by Gasteiger charge is 2.40. The highest BCUT2D eigenvalue weighted by atomic mass is 28.4. The van der Waals surface area contributed by atoms with Crippen molar-refractivity contribution in [1.82, 2.24) is 4.90 Å². The smallest absolute Gasteiger partial charge is 0.373 e. The summed E-state index contributed by atoms with van der Waals surface area (Å²) in [4.78, 5) is 7.11. The van der Waals surface area contributed by atoms with Gasteiger partial charge in [0.05, 0.1) is 0 Å². The van der Waals surface area contributed by atoms with Gasteiger partial charge in [-0.2, -0.15) is 0 Å². The van der Waals surface area contributed by atoms with E-state index in [4.69, 9.17) is 18.3 Å². The summed E-state index contributed by atoms with van der Waals surface area (Å²) in [6.07, 6.45) is 4.10. The van der Waals surface area contributed by atoms with Gasteiger partial charge in [0.1, 0.15) is 6.17 Å². The molecule has 0 aromatic carbocycles. The summed E-state index contributed by atoms with van der Waals surface area (Å²) in [7, 11) is -0.472. The standard InChI is InChI=1S/C14H30N2O3Si/c1-5-17-20(18-6-2,19-7-3)13-15-14-10-8-9-11-16(4)12-14/h5-13H2,1-4H3. The molecule has 20 heavy (non-hydrogen) atoms. The highest BCUT2D eigenvalue weighted by molar-refractivity contribution is 6.61. The molecule has 6 heteroatoms. The first-order chi connectivity index (χ1) is 9.65. The van der Waals surface area contributed by atoms with Crippen molar-refractivity contribution in [1.29, 1.82) is 0 Å². The molecule has 0 saturated carbocycles. The third-order valence-electron chi connectivity index (χ3n) is 3.30. The molecule has 0 radical (unpaired) electrons. The van der Waals surface area contributed by atoms with E-state index in [0.29, 0.717) is 26.0 Å². The SMILES string of the molecule is CCO[Si](CN=C1CCCCN(C)C1)(OCC)OCC. The molecule has 1 heterocycles. The van der Waals surface area contributed by atoms with Crippen molar-refractivity contribution in [2.24, 2.45) is 4.99 Å². The van der Waals surface area contributed by atoms with E-state index in [1.807, 2.05) is 20.8 Å². The zero-order valence-corrected chi connectivity index (χ0v) is 14.5. The Labute approximate surface area is 124 Å². The topological polar surface area (TPSA) is 43.3 Å². The summed E-state index contributed by atoms with van der Waals surface area (Å²) in [5.41, 5.74) is 1.25. The van der Waals surface area contributed by atoms with E-state index in [-0.39, 0.29) is 0 Å². The van der Waals surface area contributed by atoms with Gasteiger partial charge in [0, 0.05) is 32.1 Å². The van der Waals surface area contributed by atoms with Gasteiger partial charge < -0.3 is 18.2 Å². The van der Waals surface area contributed by atoms with Crippen molar-refractivity contribution in [3.8, 4) is 0 Å². The maximum absolute atomic E-state index is 5.83. The number of hydrogen-bond donors (Lipinski definition) is 0. The first-order valence-corrected chi connectivity index (χ1v) is 9.71. The number of aliphatic imine (C=N–C) groups is 1. The van der Waals surface area contributed by atoms with Gasteiger partial charge >= 0.3 is 8.80 Å². The number of hydrogen-bond acceptors (Lipinski definition) is 5. The molecule has 0 atom stereocenters. The van der Waals surface area contributed by atoms with E-state index in [2.05, 4.69) is 11.9 Å². The minimum atomic E-state index is -2.62. The fourth-order valence-electron chi connectivity index (χ4n) is 2.44. The molecule has 0 unspecified atom stereocenters. The predicted octanol–water partition coefficient (Wildman–Crippen LogP) is 2.13. The lowest BCUT2D eigenvalue weighted by molar-refractivity contribution is 0.0729. The molecule has 118 valence electrons. The molecular formula is C14H30N2O3Si. The lowest BCUT2D eigenvalue weighted by Gasteiger charge is -2.27. The molecule has 1 saturated heterocycles. The van der Waals surface area contributed by atoms with Crippen LogP contribution in [0.1, 0.15) is 40.0 Å². The third-order valence-corrected chi connectivity index (χ3v) is 6.03. The number of nitrogens with zero attached hydrogens (tertiary/aromatic N) is 2. The second-order valence-corrected chi connectivity index (χ2v) is 7.61. The molecule has 0 aliphatic carbocycles. The predicted molar refractivity (Wildman–Crippen MR) is 84.3 cm³/mol. The molecule has 0 amide bonds. The zero-order valence-electron chi connectivity index (χ0n) is 13.5. The van der Waals surface area contributed by atoms with Crippen LogP contribution in [-0.2, 0) is 13.3 Å². The van der Waals surface area contributed by atoms with Gasteiger partial charge in [0.15, 0.2) is 0 Å². The van der Waals surface area contributed by atoms with Gasteiger partial charge in [0.25, 0.3) is 0 Å². The van der Waals surface area contributed by atoms with Crippen LogP contribution in [0.25, 0.3) is 0 Å². The van der Waals surface area contributed by atoms with E-state index in [1.54, 1.807) is 0 Å². The van der Waals surface area contributed by atoms with Gasteiger partial charge in [-0.15, -0.1) is 0 Å². The highest BCUT2D eigenvalue weighted by Crippen LogP contribution is 2.13. The molecule has 1 aliphatic heterocycles.